The van der Waals surface area contributed by atoms with E-state index in [-0.39, 0.29) is 43.5 Å². The zero-order valence-electron chi connectivity index (χ0n) is 16.6. The molecular formula is C20H28N2O4S. The molecule has 7 heteroatoms. The molecule has 0 N–H and O–H groups in total. The van der Waals surface area contributed by atoms with Crippen LogP contribution in [0, 0.1) is 5.92 Å². The molecule has 27 heavy (non-hydrogen) atoms. The van der Waals surface area contributed by atoms with E-state index in [0.717, 1.165) is 10.6 Å². The fourth-order valence-corrected chi connectivity index (χ4v) is 3.84. The topological polar surface area (TPSA) is 66.9 Å². The van der Waals surface area contributed by atoms with Gasteiger partial charge in [-0.2, -0.15) is 0 Å². The number of esters is 1. The molecule has 2 amide bonds. The molecule has 0 aromatic heterocycles. The first kappa shape index (κ1) is 21.3. The van der Waals surface area contributed by atoms with Crippen molar-refractivity contribution < 1.29 is 19.1 Å². The second-order valence-electron chi connectivity index (χ2n) is 7.20. The number of ether oxygens (including phenoxy) is 1. The molecule has 6 nitrogen and oxygen atoms in total. The highest BCUT2D eigenvalue weighted by atomic mass is 32.2. The van der Waals surface area contributed by atoms with Gasteiger partial charge in [0.2, 0.25) is 5.91 Å². The Morgan fingerprint density at radius 3 is 2.52 bits per heavy atom. The van der Waals surface area contributed by atoms with Gasteiger partial charge in [-0.15, -0.1) is 11.8 Å². The fraction of sp³-hybridized carbons (Fsp3) is 0.550. The van der Waals surface area contributed by atoms with Gasteiger partial charge >= 0.3 is 5.97 Å². The second-order valence-corrected chi connectivity index (χ2v) is 8.08. The van der Waals surface area contributed by atoms with E-state index < -0.39 is 11.9 Å². The normalized spacial score (nSPS) is 16.9. The van der Waals surface area contributed by atoms with Crippen LogP contribution in [0.2, 0.25) is 0 Å². The Bertz CT molecular complexity index is 697. The predicted octanol–water partition coefficient (Wildman–Crippen LogP) is 2.95. The van der Waals surface area contributed by atoms with Crippen LogP contribution < -0.4 is 4.90 Å². The van der Waals surface area contributed by atoms with Gasteiger partial charge in [0.1, 0.15) is 0 Å². The summed E-state index contributed by atoms with van der Waals surface area (Å²) in [6.07, 6.45) is 2.08. The summed E-state index contributed by atoms with van der Waals surface area (Å²) in [5.41, 5.74) is 0.781. The van der Waals surface area contributed by atoms with E-state index >= 15 is 0 Å². The SMILES string of the molecule is CSc1cccc(N2C[C@@H](C(=O)OCC(=O)N(C(C)C)C(C)C)CC2=O)c1. The predicted molar refractivity (Wildman–Crippen MR) is 107 cm³/mol. The van der Waals surface area contributed by atoms with E-state index in [4.69, 9.17) is 4.74 Å². The number of carbonyl (C=O) groups is 3. The third-order valence-corrected chi connectivity index (χ3v) is 5.29. The van der Waals surface area contributed by atoms with E-state index in [9.17, 15) is 14.4 Å². The summed E-state index contributed by atoms with van der Waals surface area (Å²) in [6.45, 7) is 7.70. The number of anilines is 1. The summed E-state index contributed by atoms with van der Waals surface area (Å²) in [6, 6.07) is 7.72. The molecule has 0 radical (unpaired) electrons. The first-order valence-electron chi connectivity index (χ1n) is 9.16. The molecule has 0 saturated carbocycles. The molecule has 1 heterocycles. The largest absolute Gasteiger partial charge is 0.455 e. The minimum atomic E-state index is -0.546. The van der Waals surface area contributed by atoms with E-state index in [1.54, 1.807) is 21.6 Å². The van der Waals surface area contributed by atoms with Crippen LogP contribution >= 0.6 is 11.8 Å². The van der Waals surface area contributed by atoms with Crippen molar-refractivity contribution in [1.82, 2.24) is 4.90 Å². The lowest BCUT2D eigenvalue weighted by atomic mass is 10.1. The van der Waals surface area contributed by atoms with Crippen LogP contribution in [0.5, 0.6) is 0 Å². The van der Waals surface area contributed by atoms with Gasteiger partial charge in [-0.05, 0) is 52.1 Å². The van der Waals surface area contributed by atoms with Gasteiger partial charge in [0.15, 0.2) is 6.61 Å². The lowest BCUT2D eigenvalue weighted by molar-refractivity contribution is -0.156. The average Bonchev–Trinajstić information content (AvgIpc) is 3.01. The first-order valence-corrected chi connectivity index (χ1v) is 10.4. The van der Waals surface area contributed by atoms with Gasteiger partial charge in [-0.3, -0.25) is 14.4 Å². The van der Waals surface area contributed by atoms with Gasteiger partial charge in [0, 0.05) is 35.6 Å². The maximum absolute atomic E-state index is 12.4. The summed E-state index contributed by atoms with van der Waals surface area (Å²) in [4.78, 5) is 41.4. The zero-order chi connectivity index (χ0) is 20.1. The Kier molecular flexibility index (Phi) is 7.30. The number of rotatable bonds is 7. The summed E-state index contributed by atoms with van der Waals surface area (Å²) in [5, 5.41) is 0. The van der Waals surface area contributed by atoms with Gasteiger partial charge in [0.25, 0.3) is 5.91 Å². The quantitative estimate of drug-likeness (QED) is 0.527. The molecule has 2 rings (SSSR count). The van der Waals surface area contributed by atoms with Crippen molar-refractivity contribution in [3.8, 4) is 0 Å². The van der Waals surface area contributed by atoms with E-state index in [0.29, 0.717) is 0 Å². The minimum absolute atomic E-state index is 0.0310. The number of carbonyl (C=O) groups excluding carboxylic acids is 3. The van der Waals surface area contributed by atoms with Crippen molar-refractivity contribution in [1.29, 1.82) is 0 Å². The van der Waals surface area contributed by atoms with Crippen molar-refractivity contribution in [2.45, 2.75) is 51.1 Å². The molecule has 0 bridgehead atoms. The summed E-state index contributed by atoms with van der Waals surface area (Å²) in [7, 11) is 0. The first-order chi connectivity index (χ1) is 12.7. The number of hydrogen-bond acceptors (Lipinski definition) is 5. The highest BCUT2D eigenvalue weighted by molar-refractivity contribution is 7.98. The molecule has 1 aromatic carbocycles. The third kappa shape index (κ3) is 5.25. The molecule has 1 atom stereocenters. The van der Waals surface area contributed by atoms with Crippen molar-refractivity contribution in [2.24, 2.45) is 5.92 Å². The minimum Gasteiger partial charge on any atom is -0.455 e. The number of hydrogen-bond donors (Lipinski definition) is 0. The number of benzene rings is 1. The Morgan fingerprint density at radius 1 is 1.26 bits per heavy atom. The molecule has 148 valence electrons. The van der Waals surface area contributed by atoms with Crippen LogP contribution in [0.3, 0.4) is 0 Å². The Morgan fingerprint density at radius 2 is 1.93 bits per heavy atom. The molecule has 1 saturated heterocycles. The third-order valence-electron chi connectivity index (χ3n) is 4.56. The summed E-state index contributed by atoms with van der Waals surface area (Å²) < 4.78 is 5.23. The molecule has 0 aliphatic carbocycles. The zero-order valence-corrected chi connectivity index (χ0v) is 17.4. The van der Waals surface area contributed by atoms with Crippen LogP contribution in [0.25, 0.3) is 0 Å². The lowest BCUT2D eigenvalue weighted by Gasteiger charge is -2.30. The average molecular weight is 393 g/mol. The van der Waals surface area contributed by atoms with Crippen LogP contribution in [0.4, 0.5) is 5.69 Å². The van der Waals surface area contributed by atoms with Crippen molar-refractivity contribution >= 4 is 35.2 Å². The van der Waals surface area contributed by atoms with E-state index in [1.807, 2.05) is 58.2 Å². The summed E-state index contributed by atoms with van der Waals surface area (Å²) in [5.74, 6) is -1.36. The molecule has 1 fully saturated rings. The Labute approximate surface area is 165 Å². The monoisotopic (exact) mass is 392 g/mol. The van der Waals surface area contributed by atoms with Crippen LogP contribution in [-0.4, -0.2) is 54.2 Å². The molecule has 0 unspecified atom stereocenters. The summed E-state index contributed by atoms with van der Waals surface area (Å²) >= 11 is 1.60. The Hall–Kier alpha value is -2.02. The molecule has 1 aliphatic rings. The number of thioether (sulfide) groups is 1. The standard InChI is InChI=1S/C20H28N2O4S/c1-13(2)22(14(3)4)19(24)12-26-20(25)15-9-18(23)21(11-15)16-7-6-8-17(10-16)27-5/h6-8,10,13-15H,9,11-12H2,1-5H3/t15-/m0/s1. The highest BCUT2D eigenvalue weighted by Crippen LogP contribution is 2.28. The van der Waals surface area contributed by atoms with Gasteiger partial charge < -0.3 is 14.5 Å². The number of nitrogens with zero attached hydrogens (tertiary/aromatic N) is 2. The van der Waals surface area contributed by atoms with Crippen LogP contribution in [-0.2, 0) is 19.1 Å². The van der Waals surface area contributed by atoms with Crippen molar-refractivity contribution in [2.75, 3.05) is 24.3 Å². The Balaban J connectivity index is 1.96. The fourth-order valence-electron chi connectivity index (χ4n) is 3.39. The second kappa shape index (κ2) is 9.26. The molecular weight excluding hydrogens is 364 g/mol. The van der Waals surface area contributed by atoms with Crippen molar-refractivity contribution in [3.05, 3.63) is 24.3 Å². The van der Waals surface area contributed by atoms with Gasteiger partial charge in [-0.1, -0.05) is 6.07 Å². The van der Waals surface area contributed by atoms with Gasteiger partial charge in [0.05, 0.1) is 5.92 Å². The maximum Gasteiger partial charge on any atom is 0.311 e. The van der Waals surface area contributed by atoms with Crippen LogP contribution in [0.1, 0.15) is 34.1 Å². The van der Waals surface area contributed by atoms with Crippen LogP contribution in [0.15, 0.2) is 29.2 Å². The number of amides is 2. The highest BCUT2D eigenvalue weighted by Gasteiger charge is 2.36. The lowest BCUT2D eigenvalue weighted by Crippen LogP contribution is -2.44. The molecule has 1 aliphatic heterocycles. The molecule has 1 aromatic rings. The maximum atomic E-state index is 12.4. The van der Waals surface area contributed by atoms with Crippen molar-refractivity contribution in [3.63, 3.8) is 0 Å². The van der Waals surface area contributed by atoms with Gasteiger partial charge in [-0.25, -0.2) is 0 Å². The van der Waals surface area contributed by atoms with E-state index in [2.05, 4.69) is 0 Å². The smallest absolute Gasteiger partial charge is 0.311 e. The van der Waals surface area contributed by atoms with E-state index in [1.165, 1.54) is 0 Å². The molecule has 0 spiro atoms.